The summed E-state index contributed by atoms with van der Waals surface area (Å²) in [6.45, 7) is 8.51. The zero-order chi connectivity index (χ0) is 87.1. The van der Waals surface area contributed by atoms with Crippen molar-refractivity contribution in [2.75, 3.05) is 385 Å². The molecular weight excluding hydrogens is 1610 g/mol. The van der Waals surface area contributed by atoms with Crippen LogP contribution in [0.2, 0.25) is 0 Å². The van der Waals surface area contributed by atoms with E-state index in [0.717, 1.165) is 12.1 Å². The molecule has 46 heteroatoms. The van der Waals surface area contributed by atoms with E-state index in [1.54, 1.807) is 28.4 Å². The van der Waals surface area contributed by atoms with Crippen molar-refractivity contribution in [1.29, 1.82) is 0 Å². The molecule has 0 aliphatic carbocycles. The topological polar surface area (TPSA) is 525 Å². The largest absolute Gasteiger partial charge is 0.492 e. The van der Waals surface area contributed by atoms with Gasteiger partial charge in [0.15, 0.2) is 0 Å². The third-order valence-corrected chi connectivity index (χ3v) is 14.6. The Bertz CT molecular complexity index is 2360. The second kappa shape index (κ2) is 86.1. The molecule has 1 heterocycles. The van der Waals surface area contributed by atoms with Gasteiger partial charge in [0.2, 0.25) is 53.1 Å². The van der Waals surface area contributed by atoms with E-state index in [4.69, 9.17) is 133 Å². The number of ether oxygens (including phenoxy) is 27. The van der Waals surface area contributed by atoms with Crippen LogP contribution in [-0.4, -0.2) is 465 Å². The Hall–Kier alpha value is -6.44. The van der Waals surface area contributed by atoms with Gasteiger partial charge < -0.3 is 180 Å². The Labute approximate surface area is 701 Å². The van der Waals surface area contributed by atoms with Crippen LogP contribution in [-0.2, 0) is 166 Å². The van der Waals surface area contributed by atoms with Gasteiger partial charge in [-0.25, -0.2) is 4.79 Å². The number of amides is 7. The maximum absolute atomic E-state index is 12.9. The molecule has 0 fully saturated rings. The van der Waals surface area contributed by atoms with Crippen molar-refractivity contribution in [3.05, 3.63) is 12.1 Å². The lowest BCUT2D eigenvalue weighted by Gasteiger charge is -2.19. The molecule has 0 radical (unpaired) electrons. The first-order valence-electron chi connectivity index (χ1n) is 39.7. The molecule has 0 aliphatic heterocycles. The molecule has 0 bridgehead atoms. The summed E-state index contributed by atoms with van der Waals surface area (Å²) in [7, 11) is 6.30. The number of rotatable bonds is 93. The van der Waals surface area contributed by atoms with E-state index in [0.29, 0.717) is 84.0 Å². The zero-order valence-corrected chi connectivity index (χ0v) is 70.3. The first-order chi connectivity index (χ1) is 58.7. The number of nitrogens with one attached hydrogen (secondary N) is 7. The summed E-state index contributed by atoms with van der Waals surface area (Å²) in [5.74, 6) is -4.56. The van der Waals surface area contributed by atoms with Gasteiger partial charge in [-0.3, -0.25) is 33.6 Å². The summed E-state index contributed by atoms with van der Waals surface area (Å²) >= 11 is 0. The van der Waals surface area contributed by atoms with Gasteiger partial charge in [-0.15, -0.1) is 4.73 Å². The van der Waals surface area contributed by atoms with E-state index in [1.165, 1.54) is 0 Å². The smallest absolute Gasteiger partial charge is 0.334 e. The average molecular weight is 1750 g/mol. The van der Waals surface area contributed by atoms with Gasteiger partial charge in [0.1, 0.15) is 64.6 Å². The summed E-state index contributed by atoms with van der Waals surface area (Å²) < 4.78 is 148. The van der Waals surface area contributed by atoms with E-state index in [1.807, 2.05) is 0 Å². The minimum atomic E-state index is -0.862. The van der Waals surface area contributed by atoms with Gasteiger partial charge in [0.25, 0.3) is 0 Å². The van der Waals surface area contributed by atoms with Crippen molar-refractivity contribution in [1.82, 2.24) is 41.9 Å². The minimum Gasteiger partial charge on any atom is -0.492 e. The number of carbonyl (C=O) groups is 8. The second-order valence-corrected chi connectivity index (χ2v) is 24.6. The third-order valence-electron chi connectivity index (χ3n) is 14.6. The molecule has 0 atom stereocenters. The van der Waals surface area contributed by atoms with Crippen molar-refractivity contribution in [2.45, 2.75) is 24.7 Å². The highest BCUT2D eigenvalue weighted by atomic mass is 16.7. The Morgan fingerprint density at radius 3 is 0.658 bits per heavy atom. The van der Waals surface area contributed by atoms with Crippen molar-refractivity contribution >= 4 is 47.3 Å². The van der Waals surface area contributed by atoms with E-state index in [-0.39, 0.29) is 300 Å². The molecule has 1 aromatic rings. The molecule has 46 nitrogen and oxygen atoms in total. The summed E-state index contributed by atoms with van der Waals surface area (Å²) in [6, 6.07) is 2.24. The molecule has 7 amide bonds. The predicted octanol–water partition coefficient (Wildman–Crippen LogP) is -5.87. The lowest BCUT2D eigenvalue weighted by Crippen LogP contribution is -2.36. The Kier molecular flexibility index (Phi) is 80.0. The van der Waals surface area contributed by atoms with Gasteiger partial charge in [0.05, 0.1) is 271 Å². The van der Waals surface area contributed by atoms with Crippen molar-refractivity contribution < 1.29 is 181 Å². The van der Waals surface area contributed by atoms with Crippen LogP contribution < -0.4 is 42.1 Å². The van der Waals surface area contributed by atoms with Crippen molar-refractivity contribution in [2.24, 2.45) is 0 Å². The summed E-state index contributed by atoms with van der Waals surface area (Å²) in [6.07, 6.45) is -2.45. The lowest BCUT2D eigenvalue weighted by atomic mass is 10.4. The van der Waals surface area contributed by atoms with Gasteiger partial charge in [0, 0.05) is 86.4 Å². The van der Waals surface area contributed by atoms with Crippen molar-refractivity contribution in [3.63, 3.8) is 0 Å². The number of hydrogen-bond acceptors (Lipinski definition) is 38. The number of nitrogens with zero attached hydrogens (tertiary/aromatic N) is 1. The maximum atomic E-state index is 12.9. The molecule has 700 valence electrons. The fourth-order valence-corrected chi connectivity index (χ4v) is 8.61. The van der Waals surface area contributed by atoms with Crippen LogP contribution in [0.3, 0.4) is 0 Å². The summed E-state index contributed by atoms with van der Waals surface area (Å²) in [5, 5.41) is 38.3. The zero-order valence-electron chi connectivity index (χ0n) is 70.3. The normalized spacial score (nSPS) is 11.5. The molecule has 9 N–H and O–H groups in total. The molecule has 0 saturated heterocycles. The molecule has 0 spiro atoms. The second-order valence-electron chi connectivity index (χ2n) is 24.6. The van der Waals surface area contributed by atoms with Crippen LogP contribution in [0.15, 0.2) is 12.1 Å². The number of carbonyl (C=O) groups excluding carboxylic acids is 8. The van der Waals surface area contributed by atoms with E-state index in [9.17, 15) is 48.6 Å². The quantitative estimate of drug-likeness (QED) is 0.0274. The first kappa shape index (κ1) is 112. The van der Waals surface area contributed by atoms with Gasteiger partial charge in [-0.1, -0.05) is 0 Å². The molecule has 0 aromatic carbocycles. The average Bonchev–Trinajstić information content (AvgIpc) is 1.73. The standard InChI is InChI=1S/C74H136N8O38/c1-93-21-25-103-35-45-113-55-65(83)76-9-15-97-29-39-109-51-63(52-110-40-30-98-16-10-77-66(84)56-114-46-36-104-26-22-94-2)118-60-70(88)80-13-19-101-33-43-107-49-62(117-59-69(87)75-8-7-74(92)120-82-72(90)5-6-73(82)91)50-108-44-34-102-20-14-81-71(89)61-119-64(53-111-41-31-99-17-11-78-67(85)57-115-47-37-105-27-23-95-3)54-112-42-32-100-18-12-79-68(86)58-116-48-38-106-28-24-96-4/h5-6,62-64,90-91H,7-61H2,1-4H3,(H,75,87)(H,76,83)(H,77,84)(H,78,85)(H,79,86)(H,80,88)(H,81,89). The number of methoxy groups -OCH3 is 4. The Balaban J connectivity index is 2.68. The van der Waals surface area contributed by atoms with Gasteiger partial charge in [-0.05, 0) is 0 Å². The molecular formula is C74H136N8O38. The monoisotopic (exact) mass is 1740 g/mol. The van der Waals surface area contributed by atoms with Crippen molar-refractivity contribution in [3.8, 4) is 11.8 Å². The fourth-order valence-electron chi connectivity index (χ4n) is 8.61. The van der Waals surface area contributed by atoms with E-state index >= 15 is 0 Å². The van der Waals surface area contributed by atoms with Gasteiger partial charge in [-0.2, -0.15) is 0 Å². The molecule has 1 aromatic heterocycles. The molecule has 120 heavy (non-hydrogen) atoms. The Morgan fingerprint density at radius 2 is 0.433 bits per heavy atom. The van der Waals surface area contributed by atoms with Gasteiger partial charge >= 0.3 is 5.97 Å². The highest BCUT2D eigenvalue weighted by Gasteiger charge is 2.19. The third kappa shape index (κ3) is 76.4. The van der Waals surface area contributed by atoms with Crippen LogP contribution in [0, 0.1) is 0 Å². The fraction of sp³-hybridized carbons (Fsp3) is 0.838. The summed E-state index contributed by atoms with van der Waals surface area (Å²) in [4.78, 5) is 104. The Morgan fingerprint density at radius 1 is 0.250 bits per heavy atom. The van der Waals surface area contributed by atoms with Crippen LogP contribution in [0.4, 0.5) is 0 Å². The number of aromatic hydroxyl groups is 2. The van der Waals surface area contributed by atoms with E-state index in [2.05, 4.69) is 37.2 Å². The van der Waals surface area contributed by atoms with Crippen LogP contribution in [0.1, 0.15) is 6.42 Å². The molecule has 0 aliphatic rings. The van der Waals surface area contributed by atoms with E-state index < -0.39 is 60.4 Å². The molecule has 1 rings (SSSR count). The maximum Gasteiger partial charge on any atom is 0.334 e. The highest BCUT2D eigenvalue weighted by molar-refractivity contribution is 5.79. The first-order valence-corrected chi connectivity index (χ1v) is 39.7. The van der Waals surface area contributed by atoms with Crippen LogP contribution >= 0.6 is 0 Å². The highest BCUT2D eigenvalue weighted by Crippen LogP contribution is 2.19. The number of aromatic nitrogens is 1. The SMILES string of the molecule is COCCOCCOCC(=O)NCCOCCOCC(COCCOCCNC(=O)COCCOCCOC)OCC(=O)NCCOCCOCC(COCCOCCNC(=O)COC(COCCOCCNC(=O)COCCOCCOC)COCCOCCNC(=O)COCCOCCOC)OCC(=O)NCCC(=O)On1c(O)ccc1O. The molecule has 0 saturated carbocycles. The predicted molar refractivity (Wildman–Crippen MR) is 418 cm³/mol. The summed E-state index contributed by atoms with van der Waals surface area (Å²) in [5.41, 5.74) is 0. The molecule has 0 unspecified atom stereocenters. The van der Waals surface area contributed by atoms with Crippen LogP contribution in [0.25, 0.3) is 0 Å². The number of hydrogen-bond donors (Lipinski definition) is 9. The lowest BCUT2D eigenvalue weighted by molar-refractivity contribution is -0.145. The van der Waals surface area contributed by atoms with Crippen LogP contribution in [0.5, 0.6) is 11.8 Å². The minimum absolute atomic E-state index is 0.0458.